The van der Waals surface area contributed by atoms with E-state index in [-0.39, 0.29) is 0 Å². The third-order valence-corrected chi connectivity index (χ3v) is 3.51. The van der Waals surface area contributed by atoms with Gasteiger partial charge in [-0.1, -0.05) is 19.9 Å². The van der Waals surface area contributed by atoms with Crippen LogP contribution in [0.5, 0.6) is 0 Å². The third kappa shape index (κ3) is 1.90. The number of hydrogen-bond donors (Lipinski definition) is 1. The van der Waals surface area contributed by atoms with Crippen LogP contribution in [0.3, 0.4) is 0 Å². The number of rotatable bonds is 3. The van der Waals surface area contributed by atoms with Crippen molar-refractivity contribution in [1.29, 1.82) is 0 Å². The molecular weight excluding hydrogens is 226 g/mol. The maximum Gasteiger partial charge on any atom is 0.329 e. The average Bonchev–Trinajstić information content (AvgIpc) is 2.71. The van der Waals surface area contributed by atoms with Gasteiger partial charge in [0.15, 0.2) is 0 Å². The SMILES string of the molecule is CC(C)c1ccc2c(ccn2C(C)(C)C(=O)O)c1. The van der Waals surface area contributed by atoms with Crippen molar-refractivity contribution in [1.82, 2.24) is 4.57 Å². The smallest absolute Gasteiger partial charge is 0.329 e. The number of fused-ring (bicyclic) bond motifs is 1. The molecule has 18 heavy (non-hydrogen) atoms. The number of nitrogens with zero attached hydrogens (tertiary/aromatic N) is 1. The summed E-state index contributed by atoms with van der Waals surface area (Å²) in [6.45, 7) is 7.73. The van der Waals surface area contributed by atoms with E-state index in [0.717, 1.165) is 10.9 Å². The Kier molecular flexibility index (Phi) is 2.93. The summed E-state index contributed by atoms with van der Waals surface area (Å²) in [5.41, 5.74) is 1.31. The maximum absolute atomic E-state index is 11.3. The van der Waals surface area contributed by atoms with Gasteiger partial charge < -0.3 is 9.67 Å². The van der Waals surface area contributed by atoms with Gasteiger partial charge in [0.2, 0.25) is 0 Å². The minimum Gasteiger partial charge on any atom is -0.480 e. The Morgan fingerprint density at radius 2 is 1.94 bits per heavy atom. The molecule has 0 amide bonds. The minimum absolute atomic E-state index is 0.477. The van der Waals surface area contributed by atoms with Crippen LogP contribution in [0, 0.1) is 0 Å². The van der Waals surface area contributed by atoms with E-state index in [1.807, 2.05) is 22.9 Å². The summed E-state index contributed by atoms with van der Waals surface area (Å²) < 4.78 is 1.81. The van der Waals surface area contributed by atoms with Gasteiger partial charge in [0, 0.05) is 11.7 Å². The summed E-state index contributed by atoms with van der Waals surface area (Å²) in [6, 6.07) is 8.19. The zero-order chi connectivity index (χ0) is 13.5. The summed E-state index contributed by atoms with van der Waals surface area (Å²) in [7, 11) is 0. The summed E-state index contributed by atoms with van der Waals surface area (Å²) in [5.74, 6) is -0.349. The van der Waals surface area contributed by atoms with Crippen LogP contribution >= 0.6 is 0 Å². The van der Waals surface area contributed by atoms with Crippen molar-refractivity contribution in [3.8, 4) is 0 Å². The average molecular weight is 245 g/mol. The van der Waals surface area contributed by atoms with Gasteiger partial charge in [-0.2, -0.15) is 0 Å². The zero-order valence-corrected chi connectivity index (χ0v) is 11.3. The fraction of sp³-hybridized carbons (Fsp3) is 0.400. The molecule has 96 valence electrons. The quantitative estimate of drug-likeness (QED) is 0.898. The van der Waals surface area contributed by atoms with Gasteiger partial charge in [0.1, 0.15) is 5.54 Å². The van der Waals surface area contributed by atoms with Crippen LogP contribution in [-0.2, 0) is 10.3 Å². The molecule has 0 aliphatic carbocycles. The first kappa shape index (κ1) is 12.7. The van der Waals surface area contributed by atoms with Gasteiger partial charge in [-0.25, -0.2) is 4.79 Å². The van der Waals surface area contributed by atoms with E-state index < -0.39 is 11.5 Å². The highest BCUT2D eigenvalue weighted by Gasteiger charge is 2.29. The molecule has 1 aromatic carbocycles. The highest BCUT2D eigenvalue weighted by atomic mass is 16.4. The topological polar surface area (TPSA) is 42.2 Å². The standard InChI is InChI=1S/C15H19NO2/c1-10(2)11-5-6-13-12(9-11)7-8-16(13)15(3,4)14(17)18/h5-10H,1-4H3,(H,17,18). The monoisotopic (exact) mass is 245 g/mol. The molecule has 0 fully saturated rings. The Hall–Kier alpha value is -1.77. The summed E-state index contributed by atoms with van der Waals surface area (Å²) >= 11 is 0. The van der Waals surface area contributed by atoms with Crippen LogP contribution in [0.25, 0.3) is 10.9 Å². The van der Waals surface area contributed by atoms with Crippen molar-refractivity contribution < 1.29 is 9.90 Å². The second kappa shape index (κ2) is 4.16. The molecule has 0 bridgehead atoms. The molecule has 0 atom stereocenters. The van der Waals surface area contributed by atoms with Crippen LogP contribution in [0.1, 0.15) is 39.2 Å². The lowest BCUT2D eigenvalue weighted by Gasteiger charge is -2.23. The van der Waals surface area contributed by atoms with Gasteiger partial charge in [0.05, 0.1) is 0 Å². The van der Waals surface area contributed by atoms with Crippen molar-refractivity contribution in [3.63, 3.8) is 0 Å². The fourth-order valence-corrected chi connectivity index (χ4v) is 2.11. The first-order valence-corrected chi connectivity index (χ1v) is 6.19. The minimum atomic E-state index is -0.929. The first-order valence-electron chi connectivity index (χ1n) is 6.19. The van der Waals surface area contributed by atoms with Gasteiger partial charge in [-0.05, 0) is 48.9 Å². The molecule has 0 spiro atoms. The van der Waals surface area contributed by atoms with Crippen LogP contribution in [0.15, 0.2) is 30.5 Å². The molecule has 1 N–H and O–H groups in total. The number of carboxylic acids is 1. The molecule has 0 saturated heterocycles. The lowest BCUT2D eigenvalue weighted by molar-refractivity contribution is -0.145. The van der Waals surface area contributed by atoms with E-state index in [9.17, 15) is 9.90 Å². The molecule has 2 aromatic rings. The van der Waals surface area contributed by atoms with Crippen molar-refractivity contribution in [2.45, 2.75) is 39.2 Å². The second-order valence-corrected chi connectivity index (χ2v) is 5.52. The maximum atomic E-state index is 11.3. The summed E-state index contributed by atoms with van der Waals surface area (Å²) in [5, 5.41) is 10.4. The molecule has 0 unspecified atom stereocenters. The Labute approximate surface area is 107 Å². The van der Waals surface area contributed by atoms with Gasteiger partial charge in [-0.3, -0.25) is 0 Å². The summed E-state index contributed by atoms with van der Waals surface area (Å²) in [4.78, 5) is 11.3. The number of aliphatic carboxylic acids is 1. The van der Waals surface area contributed by atoms with Crippen molar-refractivity contribution in [2.75, 3.05) is 0 Å². The molecule has 0 radical (unpaired) electrons. The largest absolute Gasteiger partial charge is 0.480 e. The highest BCUT2D eigenvalue weighted by Crippen LogP contribution is 2.27. The number of carbonyl (C=O) groups is 1. The van der Waals surface area contributed by atoms with Crippen molar-refractivity contribution >= 4 is 16.9 Å². The highest BCUT2D eigenvalue weighted by molar-refractivity contribution is 5.85. The molecule has 1 heterocycles. The second-order valence-electron chi connectivity index (χ2n) is 5.52. The number of carboxylic acid groups (broad SMARTS) is 1. The van der Waals surface area contributed by atoms with E-state index >= 15 is 0 Å². The van der Waals surface area contributed by atoms with E-state index in [1.54, 1.807) is 13.8 Å². The Morgan fingerprint density at radius 3 is 2.50 bits per heavy atom. The van der Waals surface area contributed by atoms with E-state index in [0.29, 0.717) is 5.92 Å². The molecule has 0 aliphatic rings. The number of aromatic nitrogens is 1. The van der Waals surface area contributed by atoms with Crippen molar-refractivity contribution in [3.05, 3.63) is 36.0 Å². The number of benzene rings is 1. The van der Waals surface area contributed by atoms with Crippen LogP contribution in [0.4, 0.5) is 0 Å². The van der Waals surface area contributed by atoms with Gasteiger partial charge >= 0.3 is 5.97 Å². The van der Waals surface area contributed by atoms with E-state index in [2.05, 4.69) is 26.0 Å². The molecule has 0 saturated carbocycles. The van der Waals surface area contributed by atoms with Crippen LogP contribution < -0.4 is 0 Å². The molecule has 2 rings (SSSR count). The van der Waals surface area contributed by atoms with E-state index in [4.69, 9.17) is 0 Å². The zero-order valence-electron chi connectivity index (χ0n) is 11.3. The molecule has 3 nitrogen and oxygen atoms in total. The molecular formula is C15H19NO2. The Balaban J connectivity index is 2.60. The first-order chi connectivity index (χ1) is 8.34. The molecule has 0 aliphatic heterocycles. The summed E-state index contributed by atoms with van der Waals surface area (Å²) in [6.07, 6.45) is 1.85. The molecule has 3 heteroatoms. The van der Waals surface area contributed by atoms with Gasteiger partial charge in [-0.15, -0.1) is 0 Å². The Bertz CT molecular complexity index is 594. The van der Waals surface area contributed by atoms with Crippen LogP contribution in [-0.4, -0.2) is 15.6 Å². The fourth-order valence-electron chi connectivity index (χ4n) is 2.11. The number of hydrogen-bond acceptors (Lipinski definition) is 1. The Morgan fingerprint density at radius 1 is 1.28 bits per heavy atom. The third-order valence-electron chi connectivity index (χ3n) is 3.51. The van der Waals surface area contributed by atoms with Crippen LogP contribution in [0.2, 0.25) is 0 Å². The predicted molar refractivity (Wildman–Crippen MR) is 73.0 cm³/mol. The van der Waals surface area contributed by atoms with Crippen molar-refractivity contribution in [2.24, 2.45) is 0 Å². The van der Waals surface area contributed by atoms with Gasteiger partial charge in [0.25, 0.3) is 0 Å². The lowest BCUT2D eigenvalue weighted by Crippen LogP contribution is -2.34. The molecule has 1 aromatic heterocycles. The lowest BCUT2D eigenvalue weighted by atomic mass is 10.0. The van der Waals surface area contributed by atoms with E-state index in [1.165, 1.54) is 5.56 Å². The predicted octanol–water partition coefficient (Wildman–Crippen LogP) is 3.58. The normalized spacial score (nSPS) is 12.3.